The number of halogens is 2. The summed E-state index contributed by atoms with van der Waals surface area (Å²) in [5.41, 5.74) is 0.835. The molecule has 0 bridgehead atoms. The van der Waals surface area contributed by atoms with E-state index < -0.39 is 5.82 Å². The number of ether oxygens (including phenoxy) is 1. The molecule has 1 unspecified atom stereocenters. The molecule has 0 saturated carbocycles. The fourth-order valence-electron chi connectivity index (χ4n) is 2.53. The zero-order valence-corrected chi connectivity index (χ0v) is 17.1. The minimum Gasteiger partial charge on any atom is -0.482 e. The van der Waals surface area contributed by atoms with Crippen molar-refractivity contribution in [2.24, 2.45) is 0 Å². The molecular formula is C19H19ClFN5O2S. The number of thioether (sulfide) groups is 1. The van der Waals surface area contributed by atoms with Crippen LogP contribution in [-0.4, -0.2) is 26.5 Å². The number of nitrogens with one attached hydrogen (secondary N) is 1. The van der Waals surface area contributed by atoms with Gasteiger partial charge in [0.1, 0.15) is 6.61 Å². The Labute approximate surface area is 176 Å². The van der Waals surface area contributed by atoms with Gasteiger partial charge in [-0.2, -0.15) is 0 Å². The summed E-state index contributed by atoms with van der Waals surface area (Å²) in [6, 6.07) is 13.1. The average molecular weight is 436 g/mol. The highest BCUT2D eigenvalue weighted by molar-refractivity contribution is 7.99. The number of carbonyl (C=O) groups excluding carboxylic acids is 1. The van der Waals surface area contributed by atoms with Crippen molar-refractivity contribution in [3.05, 3.63) is 70.8 Å². The second-order valence-electron chi connectivity index (χ2n) is 6.09. The van der Waals surface area contributed by atoms with Gasteiger partial charge in [-0.05, 0) is 30.7 Å². The Bertz CT molecular complexity index is 1000. The first-order valence-electron chi connectivity index (χ1n) is 8.69. The quantitative estimate of drug-likeness (QED) is 0.416. The molecule has 7 nitrogen and oxygen atoms in total. The van der Waals surface area contributed by atoms with Crippen LogP contribution in [-0.2, 0) is 11.4 Å². The van der Waals surface area contributed by atoms with E-state index in [2.05, 4.69) is 15.5 Å². The van der Waals surface area contributed by atoms with Crippen LogP contribution in [0.2, 0.25) is 5.02 Å². The third-order valence-corrected chi connectivity index (χ3v) is 5.30. The number of nitrogen functional groups attached to an aromatic ring is 1. The topological polar surface area (TPSA) is 95.1 Å². The van der Waals surface area contributed by atoms with Gasteiger partial charge >= 0.3 is 0 Å². The number of para-hydroxylation sites is 1. The second kappa shape index (κ2) is 9.62. The first-order chi connectivity index (χ1) is 14.0. The summed E-state index contributed by atoms with van der Waals surface area (Å²) in [7, 11) is 0. The lowest BCUT2D eigenvalue weighted by atomic mass is 10.1. The Kier molecular flexibility index (Phi) is 6.95. The van der Waals surface area contributed by atoms with Gasteiger partial charge in [0.2, 0.25) is 11.1 Å². The van der Waals surface area contributed by atoms with Crippen LogP contribution in [0, 0.1) is 5.82 Å². The number of nitrogens with zero attached hydrogens (tertiary/aromatic N) is 3. The van der Waals surface area contributed by atoms with Gasteiger partial charge in [0.25, 0.3) is 0 Å². The van der Waals surface area contributed by atoms with E-state index >= 15 is 0 Å². The van der Waals surface area contributed by atoms with E-state index in [0.717, 1.165) is 17.3 Å². The molecule has 1 aromatic heterocycles. The summed E-state index contributed by atoms with van der Waals surface area (Å²) in [5, 5.41) is 11.7. The number of rotatable bonds is 8. The number of hydrogen-bond donors (Lipinski definition) is 2. The van der Waals surface area contributed by atoms with E-state index in [4.69, 9.17) is 22.2 Å². The molecule has 10 heteroatoms. The standard InChI is InChI=1S/C19H19ClFN5O2S/c1-12(13-6-2-3-7-14(13)20)23-18(27)11-29-19-25-24-17(26(19)22)10-28-16-9-5-4-8-15(16)21/h2-9,12H,10-11,22H2,1H3,(H,23,27). The highest BCUT2D eigenvalue weighted by Crippen LogP contribution is 2.23. The maximum Gasteiger partial charge on any atom is 0.230 e. The molecule has 3 N–H and O–H groups in total. The number of hydrogen-bond acceptors (Lipinski definition) is 6. The molecular weight excluding hydrogens is 417 g/mol. The minimum atomic E-state index is -0.477. The van der Waals surface area contributed by atoms with E-state index in [1.54, 1.807) is 18.2 Å². The number of amides is 1. The van der Waals surface area contributed by atoms with Crippen LogP contribution in [0.1, 0.15) is 24.4 Å². The van der Waals surface area contributed by atoms with Crippen molar-refractivity contribution in [1.82, 2.24) is 20.2 Å². The van der Waals surface area contributed by atoms with Gasteiger partial charge in [0, 0.05) is 5.02 Å². The smallest absolute Gasteiger partial charge is 0.230 e. The van der Waals surface area contributed by atoms with Crippen LogP contribution in [0.25, 0.3) is 0 Å². The lowest BCUT2D eigenvalue weighted by molar-refractivity contribution is -0.119. The number of carbonyl (C=O) groups is 1. The molecule has 0 radical (unpaired) electrons. The molecule has 3 aromatic rings. The van der Waals surface area contributed by atoms with Gasteiger partial charge in [-0.25, -0.2) is 9.07 Å². The summed E-state index contributed by atoms with van der Waals surface area (Å²) < 4.78 is 20.2. The van der Waals surface area contributed by atoms with E-state index in [9.17, 15) is 9.18 Å². The molecule has 1 atom stereocenters. The molecule has 1 amide bonds. The number of nitrogens with two attached hydrogens (primary N) is 1. The Morgan fingerprint density at radius 3 is 2.76 bits per heavy atom. The fraction of sp³-hybridized carbons (Fsp3) is 0.211. The van der Waals surface area contributed by atoms with Crippen LogP contribution in [0.3, 0.4) is 0 Å². The fourth-order valence-corrected chi connectivity index (χ4v) is 3.51. The molecule has 0 saturated heterocycles. The van der Waals surface area contributed by atoms with E-state index in [0.29, 0.717) is 16.0 Å². The summed E-state index contributed by atoms with van der Waals surface area (Å²) in [4.78, 5) is 12.2. The molecule has 29 heavy (non-hydrogen) atoms. The van der Waals surface area contributed by atoms with E-state index in [1.165, 1.54) is 16.8 Å². The van der Waals surface area contributed by atoms with E-state index in [1.807, 2.05) is 25.1 Å². The van der Waals surface area contributed by atoms with Crippen molar-refractivity contribution in [2.75, 3.05) is 11.6 Å². The molecule has 0 spiro atoms. The average Bonchev–Trinajstić information content (AvgIpc) is 3.05. The summed E-state index contributed by atoms with van der Waals surface area (Å²) in [6.45, 7) is 1.80. The Balaban J connectivity index is 1.53. The van der Waals surface area contributed by atoms with Crippen molar-refractivity contribution < 1.29 is 13.9 Å². The van der Waals surface area contributed by atoms with Crippen molar-refractivity contribution in [3.8, 4) is 5.75 Å². The Hall–Kier alpha value is -2.78. The van der Waals surface area contributed by atoms with Gasteiger partial charge in [-0.3, -0.25) is 4.79 Å². The molecule has 0 aliphatic rings. The van der Waals surface area contributed by atoms with Crippen molar-refractivity contribution in [1.29, 1.82) is 0 Å². The first kappa shape index (κ1) is 20.9. The maximum atomic E-state index is 13.6. The predicted molar refractivity (Wildman–Crippen MR) is 110 cm³/mol. The summed E-state index contributed by atoms with van der Waals surface area (Å²) >= 11 is 7.28. The summed E-state index contributed by atoms with van der Waals surface area (Å²) in [6.07, 6.45) is 0. The molecule has 0 aliphatic carbocycles. The lowest BCUT2D eigenvalue weighted by Gasteiger charge is -2.15. The Morgan fingerprint density at radius 2 is 2.00 bits per heavy atom. The van der Waals surface area contributed by atoms with Gasteiger partial charge in [0.05, 0.1) is 11.8 Å². The molecule has 3 rings (SSSR count). The van der Waals surface area contributed by atoms with Crippen LogP contribution in [0.4, 0.5) is 4.39 Å². The van der Waals surface area contributed by atoms with Crippen molar-refractivity contribution in [3.63, 3.8) is 0 Å². The van der Waals surface area contributed by atoms with Gasteiger partial charge < -0.3 is 15.9 Å². The zero-order chi connectivity index (χ0) is 20.8. The highest BCUT2D eigenvalue weighted by Gasteiger charge is 2.16. The minimum absolute atomic E-state index is 0.0548. The van der Waals surface area contributed by atoms with Crippen LogP contribution >= 0.6 is 23.4 Å². The molecule has 1 heterocycles. The molecule has 0 aliphatic heterocycles. The van der Waals surface area contributed by atoms with Crippen LogP contribution in [0.15, 0.2) is 53.7 Å². The van der Waals surface area contributed by atoms with Crippen LogP contribution < -0.4 is 15.9 Å². The molecule has 2 aromatic carbocycles. The highest BCUT2D eigenvalue weighted by atomic mass is 35.5. The first-order valence-corrected chi connectivity index (χ1v) is 10.1. The molecule has 152 valence electrons. The van der Waals surface area contributed by atoms with Crippen molar-refractivity contribution >= 4 is 29.3 Å². The normalized spacial score (nSPS) is 11.8. The largest absolute Gasteiger partial charge is 0.482 e. The van der Waals surface area contributed by atoms with Gasteiger partial charge in [-0.15, -0.1) is 10.2 Å². The number of aromatic nitrogens is 3. The Morgan fingerprint density at radius 1 is 1.28 bits per heavy atom. The zero-order valence-electron chi connectivity index (χ0n) is 15.5. The molecule has 0 fully saturated rings. The lowest BCUT2D eigenvalue weighted by Crippen LogP contribution is -2.28. The van der Waals surface area contributed by atoms with Crippen molar-refractivity contribution in [2.45, 2.75) is 24.7 Å². The number of benzene rings is 2. The van der Waals surface area contributed by atoms with E-state index in [-0.39, 0.29) is 30.1 Å². The third-order valence-electron chi connectivity index (χ3n) is 4.01. The monoisotopic (exact) mass is 435 g/mol. The predicted octanol–water partition coefficient (Wildman–Crippen LogP) is 3.33. The SMILES string of the molecule is CC(NC(=O)CSc1nnc(COc2ccccc2F)n1N)c1ccccc1Cl. The van der Waals surface area contributed by atoms with Gasteiger partial charge in [-0.1, -0.05) is 53.7 Å². The summed E-state index contributed by atoms with van der Waals surface area (Å²) in [5.74, 6) is 5.77. The third kappa shape index (κ3) is 5.39. The second-order valence-corrected chi connectivity index (χ2v) is 7.44. The maximum absolute atomic E-state index is 13.6. The van der Waals surface area contributed by atoms with Gasteiger partial charge in [0.15, 0.2) is 17.4 Å². The van der Waals surface area contributed by atoms with Crippen LogP contribution in [0.5, 0.6) is 5.75 Å².